The van der Waals surface area contributed by atoms with Crippen molar-refractivity contribution in [1.29, 1.82) is 0 Å². The molecule has 0 saturated heterocycles. The van der Waals surface area contributed by atoms with Crippen molar-refractivity contribution in [3.8, 4) is 0 Å². The van der Waals surface area contributed by atoms with Gasteiger partial charge in [-0.1, -0.05) is 6.42 Å². The largest absolute Gasteiger partial charge is 0.466 e. The molecule has 1 aromatic rings. The summed E-state index contributed by atoms with van der Waals surface area (Å²) in [5, 5.41) is 4.29. The summed E-state index contributed by atoms with van der Waals surface area (Å²) in [5.41, 5.74) is 1.41. The second-order valence-electron chi connectivity index (χ2n) is 3.50. The van der Waals surface area contributed by atoms with E-state index in [1.54, 1.807) is 11.3 Å². The summed E-state index contributed by atoms with van der Waals surface area (Å²) in [7, 11) is 0. The van der Waals surface area contributed by atoms with E-state index >= 15 is 0 Å². The van der Waals surface area contributed by atoms with Crippen molar-refractivity contribution in [3.63, 3.8) is 0 Å². The van der Waals surface area contributed by atoms with E-state index in [0.717, 1.165) is 25.7 Å². The second-order valence-corrected chi connectivity index (χ2v) is 4.28. The first-order valence-corrected chi connectivity index (χ1v) is 6.44. The van der Waals surface area contributed by atoms with Crippen LogP contribution in [0.2, 0.25) is 0 Å². The molecule has 0 bridgehead atoms. The number of aryl methyl sites for hydroxylation is 1. The standard InChI is InChI=1S/C12H18O2S/c1-2-14-12(13)7-5-3-4-6-11-8-9-15-10-11/h8-10H,2-7H2,1H3. The predicted molar refractivity (Wildman–Crippen MR) is 63.1 cm³/mol. The molecule has 0 aliphatic rings. The van der Waals surface area contributed by atoms with E-state index in [2.05, 4.69) is 16.8 Å². The summed E-state index contributed by atoms with van der Waals surface area (Å²) in [6.07, 6.45) is 4.91. The van der Waals surface area contributed by atoms with Crippen molar-refractivity contribution in [2.24, 2.45) is 0 Å². The first kappa shape index (κ1) is 12.2. The van der Waals surface area contributed by atoms with E-state index in [9.17, 15) is 4.79 Å². The molecule has 0 saturated carbocycles. The number of esters is 1. The van der Waals surface area contributed by atoms with Gasteiger partial charge in [-0.15, -0.1) is 0 Å². The Labute approximate surface area is 95.3 Å². The van der Waals surface area contributed by atoms with Crippen molar-refractivity contribution >= 4 is 17.3 Å². The van der Waals surface area contributed by atoms with Crippen LogP contribution in [0.4, 0.5) is 0 Å². The lowest BCUT2D eigenvalue weighted by molar-refractivity contribution is -0.143. The first-order chi connectivity index (χ1) is 7.33. The van der Waals surface area contributed by atoms with Crippen molar-refractivity contribution in [2.75, 3.05) is 6.61 Å². The van der Waals surface area contributed by atoms with Gasteiger partial charge in [-0.25, -0.2) is 0 Å². The van der Waals surface area contributed by atoms with Crippen molar-refractivity contribution in [3.05, 3.63) is 22.4 Å². The van der Waals surface area contributed by atoms with E-state index < -0.39 is 0 Å². The zero-order valence-corrected chi connectivity index (χ0v) is 10.0. The third kappa shape index (κ3) is 5.57. The Morgan fingerprint density at radius 2 is 2.27 bits per heavy atom. The molecule has 0 aliphatic carbocycles. The van der Waals surface area contributed by atoms with Gasteiger partial charge in [0.05, 0.1) is 6.61 Å². The molecule has 1 rings (SSSR count). The normalized spacial score (nSPS) is 10.2. The Balaban J connectivity index is 1.95. The van der Waals surface area contributed by atoms with Gasteiger partial charge in [-0.2, -0.15) is 11.3 Å². The van der Waals surface area contributed by atoms with E-state index in [1.807, 2.05) is 6.92 Å². The molecule has 0 spiro atoms. The zero-order chi connectivity index (χ0) is 10.9. The Bertz CT molecular complexity index is 267. The minimum Gasteiger partial charge on any atom is -0.466 e. The fourth-order valence-electron chi connectivity index (χ4n) is 1.44. The van der Waals surface area contributed by atoms with Gasteiger partial charge in [0, 0.05) is 6.42 Å². The highest BCUT2D eigenvalue weighted by atomic mass is 32.1. The van der Waals surface area contributed by atoms with Crippen LogP contribution < -0.4 is 0 Å². The topological polar surface area (TPSA) is 26.3 Å². The highest BCUT2D eigenvalue weighted by molar-refractivity contribution is 7.07. The molecule has 2 nitrogen and oxygen atoms in total. The Hall–Kier alpha value is -0.830. The monoisotopic (exact) mass is 226 g/mol. The van der Waals surface area contributed by atoms with Crippen LogP contribution in [0.15, 0.2) is 16.8 Å². The summed E-state index contributed by atoms with van der Waals surface area (Å²) >= 11 is 1.74. The van der Waals surface area contributed by atoms with Crippen LogP contribution in [0.1, 0.15) is 38.2 Å². The lowest BCUT2D eigenvalue weighted by Crippen LogP contribution is -2.03. The molecular formula is C12H18O2S. The highest BCUT2D eigenvalue weighted by Gasteiger charge is 2.00. The maximum absolute atomic E-state index is 11.0. The summed E-state index contributed by atoms with van der Waals surface area (Å²) in [4.78, 5) is 11.0. The lowest BCUT2D eigenvalue weighted by atomic mass is 10.1. The molecule has 0 N–H and O–H groups in total. The number of hydrogen-bond donors (Lipinski definition) is 0. The van der Waals surface area contributed by atoms with Crippen LogP contribution in [-0.2, 0) is 16.0 Å². The molecule has 0 aromatic carbocycles. The number of ether oxygens (including phenoxy) is 1. The van der Waals surface area contributed by atoms with Gasteiger partial charge in [-0.05, 0) is 48.6 Å². The highest BCUT2D eigenvalue weighted by Crippen LogP contribution is 2.11. The SMILES string of the molecule is CCOC(=O)CCCCCc1ccsc1. The summed E-state index contributed by atoms with van der Waals surface area (Å²) < 4.78 is 4.86. The van der Waals surface area contributed by atoms with Gasteiger partial charge in [-0.3, -0.25) is 4.79 Å². The van der Waals surface area contributed by atoms with Crippen molar-refractivity contribution in [2.45, 2.75) is 39.0 Å². The fraction of sp³-hybridized carbons (Fsp3) is 0.583. The van der Waals surface area contributed by atoms with Crippen LogP contribution in [-0.4, -0.2) is 12.6 Å². The quantitative estimate of drug-likeness (QED) is 0.526. The zero-order valence-electron chi connectivity index (χ0n) is 9.20. The fourth-order valence-corrected chi connectivity index (χ4v) is 2.15. The molecule has 0 radical (unpaired) electrons. The molecule has 1 heterocycles. The van der Waals surface area contributed by atoms with E-state index in [4.69, 9.17) is 4.74 Å². The maximum Gasteiger partial charge on any atom is 0.305 e. The molecule has 0 fully saturated rings. The molecular weight excluding hydrogens is 208 g/mol. The van der Waals surface area contributed by atoms with E-state index in [0.29, 0.717) is 13.0 Å². The Kier molecular flexibility index (Phi) is 6.09. The van der Waals surface area contributed by atoms with E-state index in [-0.39, 0.29) is 5.97 Å². The lowest BCUT2D eigenvalue weighted by Gasteiger charge is -2.01. The predicted octanol–water partition coefficient (Wildman–Crippen LogP) is 3.41. The molecule has 84 valence electrons. The van der Waals surface area contributed by atoms with Crippen molar-refractivity contribution in [1.82, 2.24) is 0 Å². The summed E-state index contributed by atoms with van der Waals surface area (Å²) in [5.74, 6) is -0.0620. The minimum atomic E-state index is -0.0620. The van der Waals surface area contributed by atoms with Crippen LogP contribution in [0.5, 0.6) is 0 Å². The average Bonchev–Trinajstić information content (AvgIpc) is 2.70. The van der Waals surface area contributed by atoms with Crippen LogP contribution in [0.25, 0.3) is 0 Å². The number of carbonyl (C=O) groups is 1. The van der Waals surface area contributed by atoms with E-state index in [1.165, 1.54) is 5.56 Å². The Morgan fingerprint density at radius 3 is 2.93 bits per heavy atom. The van der Waals surface area contributed by atoms with Gasteiger partial charge in [0.2, 0.25) is 0 Å². The molecule has 0 amide bonds. The van der Waals surface area contributed by atoms with Crippen LogP contribution in [0, 0.1) is 0 Å². The number of hydrogen-bond acceptors (Lipinski definition) is 3. The Morgan fingerprint density at radius 1 is 1.40 bits per heavy atom. The number of unbranched alkanes of at least 4 members (excludes halogenated alkanes) is 2. The van der Waals surface area contributed by atoms with Gasteiger partial charge >= 0.3 is 5.97 Å². The molecule has 1 aromatic heterocycles. The first-order valence-electron chi connectivity index (χ1n) is 5.49. The maximum atomic E-state index is 11.0. The molecule has 15 heavy (non-hydrogen) atoms. The number of thiophene rings is 1. The second kappa shape index (κ2) is 7.46. The number of rotatable bonds is 7. The van der Waals surface area contributed by atoms with Gasteiger partial charge in [0.15, 0.2) is 0 Å². The van der Waals surface area contributed by atoms with Crippen LogP contribution in [0.3, 0.4) is 0 Å². The van der Waals surface area contributed by atoms with Crippen molar-refractivity contribution < 1.29 is 9.53 Å². The van der Waals surface area contributed by atoms with Gasteiger partial charge in [0.25, 0.3) is 0 Å². The smallest absolute Gasteiger partial charge is 0.305 e. The summed E-state index contributed by atoms with van der Waals surface area (Å²) in [6, 6.07) is 2.16. The van der Waals surface area contributed by atoms with Gasteiger partial charge < -0.3 is 4.74 Å². The number of carbonyl (C=O) groups excluding carboxylic acids is 1. The van der Waals surface area contributed by atoms with Crippen LogP contribution >= 0.6 is 11.3 Å². The molecule has 3 heteroatoms. The van der Waals surface area contributed by atoms with Gasteiger partial charge in [0.1, 0.15) is 0 Å². The minimum absolute atomic E-state index is 0.0620. The third-order valence-electron chi connectivity index (χ3n) is 2.23. The third-order valence-corrected chi connectivity index (χ3v) is 2.96. The molecule has 0 aliphatic heterocycles. The molecule has 0 unspecified atom stereocenters. The summed E-state index contributed by atoms with van der Waals surface area (Å²) in [6.45, 7) is 2.34. The average molecular weight is 226 g/mol. The molecule has 0 atom stereocenters.